The smallest absolute Gasteiger partial charge is 0.254 e. The number of nitrogens with zero attached hydrogens (tertiary/aromatic N) is 2. The van der Waals surface area contributed by atoms with Gasteiger partial charge in [0.15, 0.2) is 17.0 Å². The fourth-order valence-corrected chi connectivity index (χ4v) is 5.94. The van der Waals surface area contributed by atoms with Crippen molar-refractivity contribution < 1.29 is 19.1 Å². The summed E-state index contributed by atoms with van der Waals surface area (Å²) in [5.41, 5.74) is 2.82. The van der Waals surface area contributed by atoms with Crippen molar-refractivity contribution >= 4 is 22.7 Å². The molecule has 37 heavy (non-hydrogen) atoms. The number of amides is 2. The second-order valence-electron chi connectivity index (χ2n) is 10.3. The number of ether oxygens (including phenoxy) is 2. The van der Waals surface area contributed by atoms with E-state index in [1.807, 2.05) is 37.3 Å². The molecular formula is C30H37N3O4. The van der Waals surface area contributed by atoms with Gasteiger partial charge in [-0.2, -0.15) is 0 Å². The summed E-state index contributed by atoms with van der Waals surface area (Å²) in [5, 5.41) is 1.08. The van der Waals surface area contributed by atoms with Crippen molar-refractivity contribution in [3.8, 4) is 11.5 Å². The van der Waals surface area contributed by atoms with E-state index in [4.69, 9.17) is 9.47 Å². The summed E-state index contributed by atoms with van der Waals surface area (Å²) in [4.78, 5) is 34.7. The first kappa shape index (κ1) is 25.2. The number of piperazine rings is 1. The molecule has 7 nitrogen and oxygen atoms in total. The molecule has 2 aliphatic heterocycles. The Balaban J connectivity index is 1.63. The number of hydrogen-bond donors (Lipinski definition) is 1. The van der Waals surface area contributed by atoms with Gasteiger partial charge in [0, 0.05) is 29.9 Å². The molecule has 1 saturated heterocycles. The molecule has 2 amide bonds. The maximum Gasteiger partial charge on any atom is 0.254 e. The minimum absolute atomic E-state index is 0.00430. The lowest BCUT2D eigenvalue weighted by molar-refractivity contribution is -0.166. The van der Waals surface area contributed by atoms with Gasteiger partial charge in [-0.25, -0.2) is 0 Å². The number of carbonyl (C=O) groups excluding carboxylic acids is 2. The van der Waals surface area contributed by atoms with Crippen LogP contribution in [0.1, 0.15) is 69.2 Å². The van der Waals surface area contributed by atoms with Crippen molar-refractivity contribution in [1.82, 2.24) is 14.8 Å². The quantitative estimate of drug-likeness (QED) is 0.408. The van der Waals surface area contributed by atoms with Crippen LogP contribution in [-0.2, 0) is 15.1 Å². The first-order valence-corrected chi connectivity index (χ1v) is 13.5. The monoisotopic (exact) mass is 503 g/mol. The number of unbranched alkanes of at least 4 members (excludes halogenated alkanes) is 2. The molecule has 7 heteroatoms. The van der Waals surface area contributed by atoms with Crippen LogP contribution in [0.2, 0.25) is 0 Å². The molecule has 0 spiro atoms. The summed E-state index contributed by atoms with van der Waals surface area (Å²) in [6.45, 7) is 7.90. The van der Waals surface area contributed by atoms with E-state index < -0.39 is 5.54 Å². The van der Waals surface area contributed by atoms with Crippen LogP contribution >= 0.6 is 0 Å². The topological polar surface area (TPSA) is 74.9 Å². The molecule has 3 heterocycles. The lowest BCUT2D eigenvalue weighted by Gasteiger charge is -2.51. The van der Waals surface area contributed by atoms with Gasteiger partial charge in [-0.1, -0.05) is 51.0 Å². The average molecular weight is 504 g/mol. The molecule has 2 atom stereocenters. The van der Waals surface area contributed by atoms with E-state index in [2.05, 4.69) is 31.0 Å². The normalized spacial score (nSPS) is 21.2. The van der Waals surface area contributed by atoms with E-state index in [0.29, 0.717) is 31.2 Å². The number of H-pyrrole nitrogens is 1. The summed E-state index contributed by atoms with van der Waals surface area (Å²) in [6.07, 6.45) is 3.92. The fourth-order valence-electron chi connectivity index (χ4n) is 5.94. The van der Waals surface area contributed by atoms with Crippen LogP contribution in [0.15, 0.2) is 42.5 Å². The van der Waals surface area contributed by atoms with E-state index in [0.717, 1.165) is 53.4 Å². The number of methoxy groups -OCH3 is 1. The summed E-state index contributed by atoms with van der Waals surface area (Å²) in [6, 6.07) is 14.2. The highest BCUT2D eigenvalue weighted by Crippen LogP contribution is 2.49. The molecule has 5 rings (SSSR count). The highest BCUT2D eigenvalue weighted by atomic mass is 16.5. The molecule has 2 aromatic carbocycles. The molecule has 0 unspecified atom stereocenters. The second-order valence-corrected chi connectivity index (χ2v) is 10.3. The van der Waals surface area contributed by atoms with Gasteiger partial charge in [-0.15, -0.1) is 0 Å². The highest BCUT2D eigenvalue weighted by Gasteiger charge is 2.56. The third kappa shape index (κ3) is 4.14. The Morgan fingerprint density at radius 2 is 1.86 bits per heavy atom. The Morgan fingerprint density at radius 1 is 1.05 bits per heavy atom. The summed E-state index contributed by atoms with van der Waals surface area (Å²) < 4.78 is 11.6. The molecule has 196 valence electrons. The van der Waals surface area contributed by atoms with Crippen LogP contribution < -0.4 is 9.47 Å². The van der Waals surface area contributed by atoms with E-state index in [1.165, 1.54) is 0 Å². The van der Waals surface area contributed by atoms with Gasteiger partial charge < -0.3 is 24.3 Å². The van der Waals surface area contributed by atoms with E-state index in [9.17, 15) is 9.59 Å². The molecule has 3 aromatic rings. The summed E-state index contributed by atoms with van der Waals surface area (Å²) >= 11 is 0. The van der Waals surface area contributed by atoms with Crippen LogP contribution in [0.4, 0.5) is 0 Å². The van der Waals surface area contributed by atoms with Crippen LogP contribution in [0, 0.1) is 0 Å². The Hall–Kier alpha value is -3.48. The van der Waals surface area contributed by atoms with Crippen molar-refractivity contribution in [2.24, 2.45) is 0 Å². The molecule has 0 aliphatic carbocycles. The first-order valence-electron chi connectivity index (χ1n) is 13.5. The second kappa shape index (κ2) is 10.1. The van der Waals surface area contributed by atoms with E-state index in [-0.39, 0.29) is 24.3 Å². The predicted molar refractivity (Wildman–Crippen MR) is 144 cm³/mol. The van der Waals surface area contributed by atoms with Gasteiger partial charge in [-0.05, 0) is 49.1 Å². The lowest BCUT2D eigenvalue weighted by atomic mass is 9.76. The number of aromatic nitrogens is 1. The number of carbonyl (C=O) groups is 2. The molecule has 0 bridgehead atoms. The van der Waals surface area contributed by atoms with Gasteiger partial charge in [-0.3, -0.25) is 9.59 Å². The predicted octanol–water partition coefficient (Wildman–Crippen LogP) is 5.19. The number of rotatable bonds is 9. The van der Waals surface area contributed by atoms with E-state index in [1.54, 1.807) is 16.9 Å². The molecular weight excluding hydrogens is 466 g/mol. The third-order valence-corrected chi connectivity index (χ3v) is 7.90. The van der Waals surface area contributed by atoms with Crippen LogP contribution in [0.25, 0.3) is 10.9 Å². The highest BCUT2D eigenvalue weighted by molar-refractivity contribution is 6.01. The summed E-state index contributed by atoms with van der Waals surface area (Å²) in [5.74, 6) is 1.25. The van der Waals surface area contributed by atoms with Crippen molar-refractivity contribution in [3.05, 3.63) is 59.3 Å². The maximum absolute atomic E-state index is 14.0. The number of hydrogen-bond acceptors (Lipinski definition) is 4. The number of fused-ring (bicyclic) bond motifs is 5. The third-order valence-electron chi connectivity index (χ3n) is 7.90. The van der Waals surface area contributed by atoms with Crippen molar-refractivity contribution in [2.45, 2.75) is 57.9 Å². The van der Waals surface area contributed by atoms with Gasteiger partial charge in [0.1, 0.15) is 0 Å². The molecule has 2 aliphatic rings. The molecule has 0 radical (unpaired) electrons. The van der Waals surface area contributed by atoms with E-state index >= 15 is 0 Å². The molecule has 1 aromatic heterocycles. The van der Waals surface area contributed by atoms with Crippen LogP contribution in [0.3, 0.4) is 0 Å². The minimum Gasteiger partial charge on any atom is -0.493 e. The Kier molecular flexibility index (Phi) is 6.88. The first-order chi connectivity index (χ1) is 17.9. The zero-order chi connectivity index (χ0) is 26.2. The fraction of sp³-hybridized carbons (Fsp3) is 0.467. The van der Waals surface area contributed by atoms with Gasteiger partial charge >= 0.3 is 0 Å². The average Bonchev–Trinajstić information content (AvgIpc) is 3.31. The molecule has 0 saturated carbocycles. The lowest BCUT2D eigenvalue weighted by Crippen LogP contribution is -2.67. The van der Waals surface area contributed by atoms with Gasteiger partial charge in [0.25, 0.3) is 5.91 Å². The number of aromatic amines is 1. The SMILES string of the molecule is CCCCCN1CC(=O)N2C[C@H](c3ccc(OCCC)c(OC)c3)c3c([nH]c4ccccc34)[C@@]2(C)C1=O. The van der Waals surface area contributed by atoms with Gasteiger partial charge in [0.05, 0.1) is 26.0 Å². The van der Waals surface area contributed by atoms with Crippen molar-refractivity contribution in [1.29, 1.82) is 0 Å². The van der Waals surface area contributed by atoms with Crippen LogP contribution in [-0.4, -0.2) is 59.9 Å². The molecule has 1 fully saturated rings. The maximum atomic E-state index is 14.0. The standard InChI is InChI=1S/C30H37N3O4/c1-5-7-10-15-32-19-26(34)33-18-22(20-13-14-24(37-16-6-2)25(17-20)36-4)27-21-11-8-9-12-23(21)31-28(27)30(33,3)29(32)35/h8-9,11-14,17,22,31H,5-7,10,15-16,18-19H2,1-4H3/t22-,30+/m1/s1. The van der Waals surface area contributed by atoms with Crippen molar-refractivity contribution in [2.75, 3.05) is 33.4 Å². The minimum atomic E-state index is -1.07. The largest absolute Gasteiger partial charge is 0.493 e. The Morgan fingerprint density at radius 3 is 2.62 bits per heavy atom. The Labute approximate surface area is 218 Å². The zero-order valence-electron chi connectivity index (χ0n) is 22.3. The zero-order valence-corrected chi connectivity index (χ0v) is 22.3. The Bertz CT molecular complexity index is 1320. The number of benzene rings is 2. The summed E-state index contributed by atoms with van der Waals surface area (Å²) in [7, 11) is 1.65. The number of nitrogens with one attached hydrogen (secondary N) is 1. The van der Waals surface area contributed by atoms with Crippen molar-refractivity contribution in [3.63, 3.8) is 0 Å². The van der Waals surface area contributed by atoms with Crippen LogP contribution in [0.5, 0.6) is 11.5 Å². The molecule has 1 N–H and O–H groups in total. The number of para-hydroxylation sites is 1. The van der Waals surface area contributed by atoms with Gasteiger partial charge in [0.2, 0.25) is 5.91 Å².